The maximum absolute atomic E-state index is 14.0. The molecule has 2 aromatic carbocycles. The molecular weight excluding hydrogens is 317 g/mol. The van der Waals surface area contributed by atoms with Crippen LogP contribution in [0.25, 0.3) is 0 Å². The van der Waals surface area contributed by atoms with Crippen molar-refractivity contribution in [3.05, 3.63) is 64.4 Å². The van der Waals surface area contributed by atoms with Gasteiger partial charge in [0.1, 0.15) is 11.9 Å². The number of rotatable bonds is 3. The van der Waals surface area contributed by atoms with Gasteiger partial charge in [-0.05, 0) is 25.1 Å². The minimum Gasteiger partial charge on any atom is -0.370 e. The molecule has 1 aliphatic heterocycles. The predicted octanol–water partition coefficient (Wildman–Crippen LogP) is 4.26. The molecule has 3 nitrogen and oxygen atoms in total. The quantitative estimate of drug-likeness (QED) is 0.786. The van der Waals surface area contributed by atoms with Gasteiger partial charge in [-0.15, -0.1) is 0 Å². The smallest absolute Gasteiger partial charge is 0.164 e. The minimum atomic E-state index is -0.490. The van der Waals surface area contributed by atoms with Crippen LogP contribution in [0.15, 0.2) is 42.5 Å². The Hall–Kier alpha value is -1.91. The first-order valence-corrected chi connectivity index (χ1v) is 7.86. The summed E-state index contributed by atoms with van der Waals surface area (Å²) in [6, 6.07) is 12.2. The van der Waals surface area contributed by atoms with E-state index in [1.807, 2.05) is 29.2 Å². The molecule has 120 valence electrons. The molecule has 1 atom stereocenters. The second kappa shape index (κ2) is 6.69. The highest BCUT2D eigenvalue weighted by atomic mass is 35.5. The number of benzene rings is 2. The summed E-state index contributed by atoms with van der Waals surface area (Å²) >= 11 is 6.25. The molecule has 2 aromatic rings. The molecule has 1 saturated heterocycles. The SMILES string of the molecule is CC(=O)c1c(F)cccc1N1CCOC(c2ccccc2Cl)C1. The van der Waals surface area contributed by atoms with Crippen molar-refractivity contribution in [2.75, 3.05) is 24.6 Å². The van der Waals surface area contributed by atoms with Gasteiger partial charge in [-0.2, -0.15) is 0 Å². The number of halogens is 2. The molecule has 0 spiro atoms. The molecule has 3 rings (SSSR count). The fourth-order valence-corrected chi connectivity index (χ4v) is 3.17. The Bertz CT molecular complexity index is 735. The van der Waals surface area contributed by atoms with Gasteiger partial charge in [0.25, 0.3) is 0 Å². The molecule has 5 heteroatoms. The van der Waals surface area contributed by atoms with Gasteiger partial charge in [0, 0.05) is 23.7 Å². The first kappa shape index (κ1) is 16.0. The second-order valence-corrected chi connectivity index (χ2v) is 5.92. The van der Waals surface area contributed by atoms with E-state index in [1.165, 1.54) is 13.0 Å². The average Bonchev–Trinajstić information content (AvgIpc) is 2.55. The van der Waals surface area contributed by atoms with Gasteiger partial charge in [-0.1, -0.05) is 35.9 Å². The van der Waals surface area contributed by atoms with Crippen LogP contribution in [-0.4, -0.2) is 25.5 Å². The van der Waals surface area contributed by atoms with Gasteiger partial charge in [0.05, 0.1) is 17.9 Å². The zero-order valence-electron chi connectivity index (χ0n) is 12.8. The van der Waals surface area contributed by atoms with E-state index >= 15 is 0 Å². The van der Waals surface area contributed by atoms with Crippen molar-refractivity contribution >= 4 is 23.1 Å². The van der Waals surface area contributed by atoms with Crippen LogP contribution in [0.3, 0.4) is 0 Å². The van der Waals surface area contributed by atoms with Crippen LogP contribution >= 0.6 is 11.6 Å². The Morgan fingerprint density at radius 1 is 1.26 bits per heavy atom. The van der Waals surface area contributed by atoms with Crippen LogP contribution in [-0.2, 0) is 4.74 Å². The first-order chi connectivity index (χ1) is 11.1. The third-order valence-electron chi connectivity index (χ3n) is 4.00. The van der Waals surface area contributed by atoms with Crippen LogP contribution in [0.1, 0.15) is 28.9 Å². The zero-order valence-corrected chi connectivity index (χ0v) is 13.5. The van der Waals surface area contributed by atoms with E-state index in [1.54, 1.807) is 12.1 Å². The maximum Gasteiger partial charge on any atom is 0.164 e. The molecule has 23 heavy (non-hydrogen) atoms. The summed E-state index contributed by atoms with van der Waals surface area (Å²) < 4.78 is 19.9. The third-order valence-corrected chi connectivity index (χ3v) is 4.35. The van der Waals surface area contributed by atoms with Gasteiger partial charge >= 0.3 is 0 Å². The lowest BCUT2D eigenvalue weighted by Crippen LogP contribution is -2.39. The number of carbonyl (C=O) groups excluding carboxylic acids is 1. The lowest BCUT2D eigenvalue weighted by molar-refractivity contribution is 0.0397. The predicted molar refractivity (Wildman–Crippen MR) is 88.8 cm³/mol. The van der Waals surface area contributed by atoms with E-state index in [0.29, 0.717) is 30.4 Å². The zero-order chi connectivity index (χ0) is 16.4. The van der Waals surface area contributed by atoms with Gasteiger partial charge in [-0.3, -0.25) is 4.79 Å². The Labute approximate surface area is 139 Å². The molecule has 0 aromatic heterocycles. The molecular formula is C18H17ClFNO2. The Morgan fingerprint density at radius 3 is 2.78 bits per heavy atom. The van der Waals surface area contributed by atoms with Crippen molar-refractivity contribution in [1.82, 2.24) is 0 Å². The van der Waals surface area contributed by atoms with Gasteiger partial charge < -0.3 is 9.64 Å². The summed E-state index contributed by atoms with van der Waals surface area (Å²) in [6.45, 7) is 3.00. The minimum absolute atomic E-state index is 0.132. The highest BCUT2D eigenvalue weighted by Gasteiger charge is 2.26. The summed E-state index contributed by atoms with van der Waals surface area (Å²) in [6.07, 6.45) is -0.208. The van der Waals surface area contributed by atoms with Gasteiger partial charge in [0.2, 0.25) is 0 Å². The number of ether oxygens (including phenoxy) is 1. The second-order valence-electron chi connectivity index (χ2n) is 5.52. The van der Waals surface area contributed by atoms with Crippen LogP contribution in [0.2, 0.25) is 5.02 Å². The van der Waals surface area contributed by atoms with E-state index < -0.39 is 5.82 Å². The van der Waals surface area contributed by atoms with Crippen LogP contribution < -0.4 is 4.90 Å². The maximum atomic E-state index is 14.0. The van der Waals surface area contributed by atoms with E-state index in [2.05, 4.69) is 0 Å². The molecule has 1 fully saturated rings. The number of carbonyl (C=O) groups is 1. The highest BCUT2D eigenvalue weighted by molar-refractivity contribution is 6.31. The normalized spacial score (nSPS) is 18.0. The van der Waals surface area contributed by atoms with Crippen molar-refractivity contribution in [2.24, 2.45) is 0 Å². The first-order valence-electron chi connectivity index (χ1n) is 7.48. The molecule has 0 N–H and O–H groups in total. The lowest BCUT2D eigenvalue weighted by atomic mass is 10.0. The average molecular weight is 334 g/mol. The number of ketones is 1. The fourth-order valence-electron chi connectivity index (χ4n) is 2.92. The van der Waals surface area contributed by atoms with Gasteiger partial charge in [-0.25, -0.2) is 4.39 Å². The number of anilines is 1. The van der Waals surface area contributed by atoms with Crippen molar-refractivity contribution in [3.8, 4) is 0 Å². The number of Topliss-reactive ketones (excluding diaryl/α,β-unsaturated/α-hetero) is 1. The van der Waals surface area contributed by atoms with Crippen molar-refractivity contribution in [1.29, 1.82) is 0 Å². The van der Waals surface area contributed by atoms with E-state index in [-0.39, 0.29) is 17.5 Å². The Morgan fingerprint density at radius 2 is 2.04 bits per heavy atom. The van der Waals surface area contributed by atoms with Crippen molar-refractivity contribution in [3.63, 3.8) is 0 Å². The van der Waals surface area contributed by atoms with E-state index in [4.69, 9.17) is 16.3 Å². The van der Waals surface area contributed by atoms with Crippen molar-refractivity contribution < 1.29 is 13.9 Å². The third kappa shape index (κ3) is 3.23. The molecule has 0 radical (unpaired) electrons. The van der Waals surface area contributed by atoms with Crippen molar-refractivity contribution in [2.45, 2.75) is 13.0 Å². The standard InChI is InChI=1S/C18H17ClFNO2/c1-12(22)18-15(20)7-4-8-16(18)21-9-10-23-17(11-21)13-5-2-3-6-14(13)19/h2-8,17H,9-11H2,1H3. The monoisotopic (exact) mass is 333 g/mol. The molecule has 1 heterocycles. The van der Waals surface area contributed by atoms with E-state index in [9.17, 15) is 9.18 Å². The fraction of sp³-hybridized carbons (Fsp3) is 0.278. The lowest BCUT2D eigenvalue weighted by Gasteiger charge is -2.36. The summed E-state index contributed by atoms with van der Waals surface area (Å²) in [5, 5.41) is 0.644. The highest BCUT2D eigenvalue weighted by Crippen LogP contribution is 2.32. The molecule has 1 unspecified atom stereocenters. The summed E-state index contributed by atoms with van der Waals surface area (Å²) in [5.74, 6) is -0.769. The number of morpholine rings is 1. The van der Waals surface area contributed by atoms with Gasteiger partial charge in [0.15, 0.2) is 5.78 Å². The van der Waals surface area contributed by atoms with Crippen LogP contribution in [0.4, 0.5) is 10.1 Å². The van der Waals surface area contributed by atoms with E-state index in [0.717, 1.165) is 5.56 Å². The Kier molecular flexibility index (Phi) is 4.64. The summed E-state index contributed by atoms with van der Waals surface area (Å²) in [5.41, 5.74) is 1.64. The number of nitrogens with zero attached hydrogens (tertiary/aromatic N) is 1. The summed E-state index contributed by atoms with van der Waals surface area (Å²) in [7, 11) is 0. The number of hydrogen-bond acceptors (Lipinski definition) is 3. The number of hydrogen-bond donors (Lipinski definition) is 0. The van der Waals surface area contributed by atoms with Crippen LogP contribution in [0, 0.1) is 5.82 Å². The molecule has 0 bridgehead atoms. The van der Waals surface area contributed by atoms with Crippen LogP contribution in [0.5, 0.6) is 0 Å². The molecule has 0 amide bonds. The molecule has 1 aliphatic rings. The molecule has 0 aliphatic carbocycles. The molecule has 0 saturated carbocycles. The largest absolute Gasteiger partial charge is 0.370 e. The topological polar surface area (TPSA) is 29.5 Å². The Balaban J connectivity index is 1.92. The summed E-state index contributed by atoms with van der Waals surface area (Å²) in [4.78, 5) is 13.8.